The van der Waals surface area contributed by atoms with Gasteiger partial charge in [-0.05, 0) is 61.6 Å². The van der Waals surface area contributed by atoms with Crippen molar-refractivity contribution < 1.29 is 23.5 Å². The number of ether oxygens (including phenoxy) is 1. The molecule has 0 radical (unpaired) electrons. The molecule has 0 bridgehead atoms. The van der Waals surface area contributed by atoms with E-state index in [1.165, 1.54) is 24.3 Å². The molecule has 1 atom stereocenters. The molecule has 176 valence electrons. The quantitative estimate of drug-likeness (QED) is 0.569. The minimum absolute atomic E-state index is 0.0371. The fourth-order valence-corrected chi connectivity index (χ4v) is 3.96. The number of carbonyl (C=O) groups excluding carboxylic acids is 3. The molecule has 0 spiro atoms. The summed E-state index contributed by atoms with van der Waals surface area (Å²) in [5.41, 5.74) is 0.915. The molecule has 2 aromatic rings. The Morgan fingerprint density at radius 1 is 1.03 bits per heavy atom. The molecule has 0 aliphatic carbocycles. The lowest BCUT2D eigenvalue weighted by Gasteiger charge is -2.36. The molecule has 1 aliphatic rings. The maximum atomic E-state index is 13.2. The molecular formula is C25H30FN3O4. The van der Waals surface area contributed by atoms with Crippen LogP contribution in [0.25, 0.3) is 0 Å². The zero-order valence-corrected chi connectivity index (χ0v) is 18.8. The number of halogens is 1. The molecular weight excluding hydrogens is 425 g/mol. The van der Waals surface area contributed by atoms with E-state index in [1.54, 1.807) is 24.1 Å². The third-order valence-electron chi connectivity index (χ3n) is 5.82. The summed E-state index contributed by atoms with van der Waals surface area (Å²) in [5.74, 6) is -1.31. The number of nitrogens with zero attached hydrogens (tertiary/aromatic N) is 1. The van der Waals surface area contributed by atoms with E-state index in [4.69, 9.17) is 4.74 Å². The van der Waals surface area contributed by atoms with Gasteiger partial charge < -0.3 is 20.3 Å². The van der Waals surface area contributed by atoms with E-state index in [-0.39, 0.29) is 23.3 Å². The van der Waals surface area contributed by atoms with Crippen LogP contribution in [0.5, 0.6) is 0 Å². The van der Waals surface area contributed by atoms with Gasteiger partial charge in [-0.15, -0.1) is 0 Å². The van der Waals surface area contributed by atoms with Crippen molar-refractivity contribution in [3.8, 4) is 0 Å². The Morgan fingerprint density at radius 3 is 2.33 bits per heavy atom. The Morgan fingerprint density at radius 2 is 1.70 bits per heavy atom. The molecule has 3 amide bonds. The standard InChI is InChI=1S/C25H30FN3O4/c1-33-17-5-14-27-24(31)22(28-23(30)19-8-10-21(26)11-9-19)18-12-15-29(16-13-18)25(32)20-6-3-2-4-7-20/h2-4,6-11,18,22H,5,12-17H2,1H3,(H,27,31)(H,28,30). The molecule has 3 rings (SSSR count). The first kappa shape index (κ1) is 24.4. The van der Waals surface area contributed by atoms with E-state index >= 15 is 0 Å². The van der Waals surface area contributed by atoms with E-state index in [0.29, 0.717) is 51.1 Å². The van der Waals surface area contributed by atoms with Crippen molar-refractivity contribution in [3.63, 3.8) is 0 Å². The van der Waals surface area contributed by atoms with Crippen LogP contribution in [0, 0.1) is 11.7 Å². The third-order valence-corrected chi connectivity index (χ3v) is 5.82. The second-order valence-electron chi connectivity index (χ2n) is 8.09. The Kier molecular flexibility index (Phi) is 8.95. The predicted molar refractivity (Wildman–Crippen MR) is 122 cm³/mol. The fraction of sp³-hybridized carbons (Fsp3) is 0.400. The molecule has 1 heterocycles. The van der Waals surface area contributed by atoms with Crippen LogP contribution in [-0.4, -0.2) is 62.0 Å². The van der Waals surface area contributed by atoms with Crippen molar-refractivity contribution in [3.05, 3.63) is 71.5 Å². The van der Waals surface area contributed by atoms with E-state index in [9.17, 15) is 18.8 Å². The highest BCUT2D eigenvalue weighted by atomic mass is 19.1. The lowest BCUT2D eigenvalue weighted by molar-refractivity contribution is -0.124. The molecule has 0 saturated carbocycles. The minimum Gasteiger partial charge on any atom is -0.385 e. The van der Waals surface area contributed by atoms with Crippen LogP contribution in [0.1, 0.15) is 40.0 Å². The van der Waals surface area contributed by atoms with Crippen molar-refractivity contribution in [1.82, 2.24) is 15.5 Å². The molecule has 2 aromatic carbocycles. The van der Waals surface area contributed by atoms with Crippen molar-refractivity contribution in [2.24, 2.45) is 5.92 Å². The summed E-state index contributed by atoms with van der Waals surface area (Å²) in [4.78, 5) is 40.2. The van der Waals surface area contributed by atoms with Crippen LogP contribution in [0.4, 0.5) is 4.39 Å². The molecule has 2 N–H and O–H groups in total. The van der Waals surface area contributed by atoms with Crippen molar-refractivity contribution in [2.75, 3.05) is 33.4 Å². The number of amides is 3. The van der Waals surface area contributed by atoms with E-state index < -0.39 is 17.8 Å². The molecule has 8 heteroatoms. The van der Waals surface area contributed by atoms with Gasteiger partial charge in [-0.3, -0.25) is 14.4 Å². The monoisotopic (exact) mass is 455 g/mol. The first-order valence-electron chi connectivity index (χ1n) is 11.2. The number of methoxy groups -OCH3 is 1. The van der Waals surface area contributed by atoms with Crippen LogP contribution in [-0.2, 0) is 9.53 Å². The zero-order valence-electron chi connectivity index (χ0n) is 18.8. The van der Waals surface area contributed by atoms with Gasteiger partial charge >= 0.3 is 0 Å². The van der Waals surface area contributed by atoms with Gasteiger partial charge in [0.1, 0.15) is 11.9 Å². The van der Waals surface area contributed by atoms with Crippen molar-refractivity contribution in [1.29, 1.82) is 0 Å². The molecule has 1 aliphatic heterocycles. The molecule has 1 saturated heterocycles. The van der Waals surface area contributed by atoms with Crippen molar-refractivity contribution >= 4 is 17.7 Å². The second-order valence-corrected chi connectivity index (χ2v) is 8.09. The Balaban J connectivity index is 1.65. The zero-order chi connectivity index (χ0) is 23.6. The summed E-state index contributed by atoms with van der Waals surface area (Å²) in [7, 11) is 1.60. The fourth-order valence-electron chi connectivity index (χ4n) is 3.96. The number of piperidine rings is 1. The first-order valence-corrected chi connectivity index (χ1v) is 11.2. The third kappa shape index (κ3) is 6.86. The number of hydrogen-bond acceptors (Lipinski definition) is 4. The predicted octanol–water partition coefficient (Wildman–Crippen LogP) is 2.63. The van der Waals surface area contributed by atoms with Gasteiger partial charge in [0.2, 0.25) is 5.91 Å². The van der Waals surface area contributed by atoms with Crippen LogP contribution < -0.4 is 10.6 Å². The average molecular weight is 456 g/mol. The number of rotatable bonds is 9. The van der Waals surface area contributed by atoms with Crippen LogP contribution in [0.3, 0.4) is 0 Å². The molecule has 7 nitrogen and oxygen atoms in total. The molecule has 1 unspecified atom stereocenters. The smallest absolute Gasteiger partial charge is 0.253 e. The largest absolute Gasteiger partial charge is 0.385 e. The summed E-state index contributed by atoms with van der Waals surface area (Å²) in [6.45, 7) is 1.95. The topological polar surface area (TPSA) is 87.7 Å². The van der Waals surface area contributed by atoms with Crippen LogP contribution >= 0.6 is 0 Å². The highest BCUT2D eigenvalue weighted by Gasteiger charge is 2.34. The Hall–Kier alpha value is -3.26. The van der Waals surface area contributed by atoms with E-state index in [1.807, 2.05) is 18.2 Å². The normalized spacial score (nSPS) is 15.0. The summed E-state index contributed by atoms with van der Waals surface area (Å²) in [5, 5.41) is 5.70. The summed E-state index contributed by atoms with van der Waals surface area (Å²) in [6.07, 6.45) is 1.82. The van der Waals surface area contributed by atoms with Gasteiger partial charge in [0, 0.05) is 44.5 Å². The summed E-state index contributed by atoms with van der Waals surface area (Å²) < 4.78 is 18.2. The van der Waals surface area contributed by atoms with Gasteiger partial charge in [0.15, 0.2) is 0 Å². The number of nitrogens with one attached hydrogen (secondary N) is 2. The maximum absolute atomic E-state index is 13.2. The van der Waals surface area contributed by atoms with Gasteiger partial charge in [0.05, 0.1) is 0 Å². The van der Waals surface area contributed by atoms with E-state index in [0.717, 1.165) is 0 Å². The number of likely N-dealkylation sites (tertiary alicyclic amines) is 1. The number of carbonyl (C=O) groups is 3. The minimum atomic E-state index is -0.751. The molecule has 33 heavy (non-hydrogen) atoms. The summed E-state index contributed by atoms with van der Waals surface area (Å²) >= 11 is 0. The van der Waals surface area contributed by atoms with Crippen LogP contribution in [0.2, 0.25) is 0 Å². The molecule has 1 fully saturated rings. The maximum Gasteiger partial charge on any atom is 0.253 e. The lowest BCUT2D eigenvalue weighted by Crippen LogP contribution is -2.54. The Bertz CT molecular complexity index is 928. The number of hydrogen-bond donors (Lipinski definition) is 2. The highest BCUT2D eigenvalue weighted by molar-refractivity contribution is 5.97. The molecule has 0 aromatic heterocycles. The van der Waals surface area contributed by atoms with Gasteiger partial charge in [-0.25, -0.2) is 4.39 Å². The van der Waals surface area contributed by atoms with Gasteiger partial charge in [-0.1, -0.05) is 18.2 Å². The van der Waals surface area contributed by atoms with Crippen molar-refractivity contribution in [2.45, 2.75) is 25.3 Å². The average Bonchev–Trinajstić information content (AvgIpc) is 2.85. The Labute approximate surface area is 193 Å². The van der Waals surface area contributed by atoms with Gasteiger partial charge in [-0.2, -0.15) is 0 Å². The van der Waals surface area contributed by atoms with Gasteiger partial charge in [0.25, 0.3) is 11.8 Å². The lowest BCUT2D eigenvalue weighted by atomic mass is 9.88. The van der Waals surface area contributed by atoms with E-state index in [2.05, 4.69) is 10.6 Å². The summed E-state index contributed by atoms with van der Waals surface area (Å²) in [6, 6.07) is 13.5. The first-order chi connectivity index (χ1) is 16.0. The van der Waals surface area contributed by atoms with Crippen LogP contribution in [0.15, 0.2) is 54.6 Å². The second kappa shape index (κ2) is 12.1. The SMILES string of the molecule is COCCCNC(=O)C(NC(=O)c1ccc(F)cc1)C1CCN(C(=O)c2ccccc2)CC1. The number of benzene rings is 2. The highest BCUT2D eigenvalue weighted by Crippen LogP contribution is 2.23.